The summed E-state index contributed by atoms with van der Waals surface area (Å²) < 4.78 is 54.7. The molecule has 0 aliphatic rings. The maximum atomic E-state index is 13.3. The van der Waals surface area contributed by atoms with E-state index in [2.05, 4.69) is 9.97 Å². The summed E-state index contributed by atoms with van der Waals surface area (Å²) in [6, 6.07) is 2.83. The van der Waals surface area contributed by atoms with Gasteiger partial charge in [0.2, 0.25) is 0 Å². The summed E-state index contributed by atoms with van der Waals surface area (Å²) in [6.07, 6.45) is 3.22. The summed E-state index contributed by atoms with van der Waals surface area (Å²) in [4.78, 5) is 8.01. The molecular weight excluding hydrogens is 371 g/mol. The Bertz CT molecular complexity index is 784. The predicted molar refractivity (Wildman–Crippen MR) is 84.3 cm³/mol. The van der Waals surface area contributed by atoms with Crippen molar-refractivity contribution in [2.24, 2.45) is 0 Å². The molecule has 10 heteroatoms. The largest absolute Gasteiger partial charge is 0.419 e. The van der Waals surface area contributed by atoms with Gasteiger partial charge in [0.15, 0.2) is 0 Å². The molecule has 24 heavy (non-hydrogen) atoms. The lowest BCUT2D eigenvalue weighted by atomic mass is 10.2. The minimum absolute atomic E-state index is 0. The molecule has 0 radical (unpaired) electrons. The second-order valence-corrected chi connectivity index (χ2v) is 4.67. The van der Waals surface area contributed by atoms with Crippen molar-refractivity contribution < 1.29 is 17.6 Å². The van der Waals surface area contributed by atoms with Crippen LogP contribution in [0.2, 0.25) is 0 Å². The summed E-state index contributed by atoms with van der Waals surface area (Å²) in [5.74, 6) is -1.30. The summed E-state index contributed by atoms with van der Waals surface area (Å²) >= 11 is 0. The van der Waals surface area contributed by atoms with E-state index in [4.69, 9.17) is 0 Å². The summed E-state index contributed by atoms with van der Waals surface area (Å²) in [7, 11) is 0. The van der Waals surface area contributed by atoms with Gasteiger partial charge in [0.05, 0.1) is 30.5 Å². The Morgan fingerprint density at radius 2 is 1.83 bits per heavy atom. The van der Waals surface area contributed by atoms with E-state index in [1.165, 1.54) is 17.0 Å². The molecule has 0 bridgehead atoms. The molecule has 0 aliphatic carbocycles. The van der Waals surface area contributed by atoms with Crippen molar-refractivity contribution in [1.82, 2.24) is 19.1 Å². The first-order valence-electron chi connectivity index (χ1n) is 6.29. The highest BCUT2D eigenvalue weighted by atomic mass is 35.5. The van der Waals surface area contributed by atoms with E-state index in [9.17, 15) is 17.6 Å². The topological polar surface area (TPSA) is 35.6 Å². The van der Waals surface area contributed by atoms with Crippen LogP contribution in [-0.4, -0.2) is 19.1 Å². The lowest BCUT2D eigenvalue weighted by Crippen LogP contribution is -2.09. The van der Waals surface area contributed by atoms with Gasteiger partial charge in [-0.3, -0.25) is 0 Å². The molecule has 2 aromatic heterocycles. The zero-order chi connectivity index (χ0) is 15.7. The van der Waals surface area contributed by atoms with Crippen LogP contribution in [0.25, 0.3) is 5.69 Å². The normalized spacial score (nSPS) is 10.8. The van der Waals surface area contributed by atoms with Crippen LogP contribution in [0.4, 0.5) is 17.6 Å². The van der Waals surface area contributed by atoms with E-state index in [1.54, 1.807) is 29.5 Å². The van der Waals surface area contributed by atoms with Crippen LogP contribution in [0.3, 0.4) is 0 Å². The number of imidazole rings is 2. The third-order valence-corrected chi connectivity index (χ3v) is 3.09. The van der Waals surface area contributed by atoms with Gasteiger partial charge in [-0.15, -0.1) is 24.8 Å². The van der Waals surface area contributed by atoms with E-state index in [1.807, 2.05) is 0 Å². The quantitative estimate of drug-likeness (QED) is 0.638. The first-order chi connectivity index (χ1) is 10.4. The third-order valence-electron chi connectivity index (χ3n) is 3.09. The highest BCUT2D eigenvalue weighted by molar-refractivity contribution is 5.85. The van der Waals surface area contributed by atoms with E-state index >= 15 is 0 Å². The molecule has 0 spiro atoms. The zero-order valence-corrected chi connectivity index (χ0v) is 13.6. The van der Waals surface area contributed by atoms with Crippen LogP contribution in [0.5, 0.6) is 0 Å². The zero-order valence-electron chi connectivity index (χ0n) is 11.9. The fraction of sp³-hybridized carbons (Fsp3) is 0.143. The van der Waals surface area contributed by atoms with Gasteiger partial charge in [0, 0.05) is 24.3 Å². The maximum absolute atomic E-state index is 13.3. The smallest absolute Gasteiger partial charge is 0.331 e. The Hall–Kier alpha value is -2.06. The standard InChI is InChI=1S/C14H10F4N4.2ClH/c15-13-2-1-11(5-12(13)14(16,17)18)22-7-10(20-9-22)6-21-4-3-19-8-21;;/h1-5,7-9H,6H2;2*1H. The summed E-state index contributed by atoms with van der Waals surface area (Å²) in [6.45, 7) is 0.445. The van der Waals surface area contributed by atoms with Crippen molar-refractivity contribution in [3.8, 4) is 5.69 Å². The fourth-order valence-corrected chi connectivity index (χ4v) is 2.04. The summed E-state index contributed by atoms with van der Waals surface area (Å²) in [5, 5.41) is 0. The van der Waals surface area contributed by atoms with Gasteiger partial charge < -0.3 is 9.13 Å². The minimum Gasteiger partial charge on any atom is -0.331 e. The van der Waals surface area contributed by atoms with E-state index in [0.717, 1.165) is 12.1 Å². The van der Waals surface area contributed by atoms with Crippen molar-refractivity contribution in [3.05, 3.63) is 66.5 Å². The van der Waals surface area contributed by atoms with Crippen molar-refractivity contribution in [2.45, 2.75) is 12.7 Å². The Balaban J connectivity index is 0.00000144. The highest BCUT2D eigenvalue weighted by Gasteiger charge is 2.34. The van der Waals surface area contributed by atoms with E-state index in [-0.39, 0.29) is 30.5 Å². The molecule has 3 aromatic rings. The Kier molecular flexibility index (Phi) is 6.39. The third kappa shape index (κ3) is 4.27. The maximum Gasteiger partial charge on any atom is 0.419 e. The predicted octanol–water partition coefficient (Wildman–Crippen LogP) is 4.12. The molecule has 0 fully saturated rings. The molecule has 2 heterocycles. The van der Waals surface area contributed by atoms with Crippen molar-refractivity contribution >= 4 is 24.8 Å². The molecule has 1 aromatic carbocycles. The summed E-state index contributed by atoms with van der Waals surface area (Å²) in [5.41, 5.74) is -0.455. The Labute approximate surface area is 147 Å². The molecule has 0 atom stereocenters. The number of hydrogen-bond acceptors (Lipinski definition) is 2. The van der Waals surface area contributed by atoms with Gasteiger partial charge in [-0.25, -0.2) is 14.4 Å². The molecule has 0 saturated carbocycles. The molecule has 0 unspecified atom stereocenters. The fourth-order valence-electron chi connectivity index (χ4n) is 2.04. The van der Waals surface area contributed by atoms with Gasteiger partial charge in [0.25, 0.3) is 0 Å². The van der Waals surface area contributed by atoms with Crippen LogP contribution >= 0.6 is 24.8 Å². The van der Waals surface area contributed by atoms with Crippen LogP contribution < -0.4 is 0 Å². The van der Waals surface area contributed by atoms with Gasteiger partial charge in [-0.05, 0) is 18.2 Å². The van der Waals surface area contributed by atoms with Crippen molar-refractivity contribution in [1.29, 1.82) is 0 Å². The second-order valence-electron chi connectivity index (χ2n) is 4.67. The lowest BCUT2D eigenvalue weighted by Gasteiger charge is -2.10. The van der Waals surface area contributed by atoms with Crippen LogP contribution in [0.15, 0.2) is 49.4 Å². The molecule has 130 valence electrons. The number of hydrogen-bond donors (Lipinski definition) is 0. The number of nitrogens with zero attached hydrogens (tertiary/aromatic N) is 4. The number of aromatic nitrogens is 4. The molecule has 4 nitrogen and oxygen atoms in total. The van der Waals surface area contributed by atoms with E-state index < -0.39 is 17.6 Å². The van der Waals surface area contributed by atoms with Crippen molar-refractivity contribution in [3.63, 3.8) is 0 Å². The first kappa shape index (κ1) is 20.0. The van der Waals surface area contributed by atoms with Gasteiger partial charge in [-0.2, -0.15) is 13.2 Å². The monoisotopic (exact) mass is 382 g/mol. The van der Waals surface area contributed by atoms with E-state index in [0.29, 0.717) is 12.2 Å². The van der Waals surface area contributed by atoms with Crippen LogP contribution in [0, 0.1) is 5.82 Å². The molecule has 0 saturated heterocycles. The Morgan fingerprint density at radius 3 is 2.46 bits per heavy atom. The molecule has 0 N–H and O–H groups in total. The second kappa shape index (κ2) is 7.67. The number of benzene rings is 1. The molecule has 0 aliphatic heterocycles. The lowest BCUT2D eigenvalue weighted by molar-refractivity contribution is -0.140. The van der Waals surface area contributed by atoms with Crippen LogP contribution in [-0.2, 0) is 12.7 Å². The first-order valence-corrected chi connectivity index (χ1v) is 6.29. The SMILES string of the molecule is Cl.Cl.Fc1ccc(-n2cnc(Cn3ccnc3)c2)cc1C(F)(F)F. The Morgan fingerprint density at radius 1 is 1.08 bits per heavy atom. The molecular formula is C14H12Cl2F4N4. The van der Waals surface area contributed by atoms with Gasteiger partial charge in [-0.1, -0.05) is 0 Å². The number of rotatable bonds is 3. The molecule has 0 amide bonds. The highest BCUT2D eigenvalue weighted by Crippen LogP contribution is 2.32. The number of alkyl halides is 3. The number of halogens is 6. The van der Waals surface area contributed by atoms with Crippen molar-refractivity contribution in [2.75, 3.05) is 0 Å². The average molecular weight is 383 g/mol. The van der Waals surface area contributed by atoms with Gasteiger partial charge in [0.1, 0.15) is 5.82 Å². The van der Waals surface area contributed by atoms with Crippen LogP contribution in [0.1, 0.15) is 11.3 Å². The van der Waals surface area contributed by atoms with Gasteiger partial charge >= 0.3 is 6.18 Å². The minimum atomic E-state index is -4.74. The molecule has 3 rings (SSSR count). The average Bonchev–Trinajstić information content (AvgIpc) is 3.10.